The first-order valence-corrected chi connectivity index (χ1v) is 6.45. The third-order valence-corrected chi connectivity index (χ3v) is 3.45. The van der Waals surface area contributed by atoms with E-state index in [0.717, 1.165) is 5.92 Å². The molecule has 0 spiro atoms. The van der Waals surface area contributed by atoms with Crippen LogP contribution < -0.4 is 0 Å². The Labute approximate surface area is 89.8 Å². The molecule has 82 valence electrons. The van der Waals surface area contributed by atoms with Crippen LogP contribution in [0.5, 0.6) is 0 Å². The van der Waals surface area contributed by atoms with Gasteiger partial charge >= 0.3 is 0 Å². The third kappa shape index (κ3) is 5.47. The van der Waals surface area contributed by atoms with E-state index >= 15 is 0 Å². The van der Waals surface area contributed by atoms with Crippen LogP contribution in [0.25, 0.3) is 0 Å². The summed E-state index contributed by atoms with van der Waals surface area (Å²) in [4.78, 5) is 0. The lowest BCUT2D eigenvalue weighted by Gasteiger charge is -2.13. The summed E-state index contributed by atoms with van der Waals surface area (Å²) in [5, 5.41) is 0. The van der Waals surface area contributed by atoms with Gasteiger partial charge in [-0.1, -0.05) is 57.6 Å². The van der Waals surface area contributed by atoms with Crippen molar-refractivity contribution in [3.05, 3.63) is 12.2 Å². The van der Waals surface area contributed by atoms with Gasteiger partial charge in [0.2, 0.25) is 0 Å². The molecule has 0 N–H and O–H groups in total. The van der Waals surface area contributed by atoms with Crippen LogP contribution in [0.2, 0.25) is 0 Å². The Hall–Kier alpha value is -0.260. The molecule has 0 saturated heterocycles. The maximum atomic E-state index is 4.17. The van der Waals surface area contributed by atoms with Crippen LogP contribution in [0.4, 0.5) is 0 Å². The Bertz CT molecular complexity index is 157. The van der Waals surface area contributed by atoms with Crippen molar-refractivity contribution in [1.29, 1.82) is 0 Å². The van der Waals surface area contributed by atoms with E-state index in [-0.39, 0.29) is 0 Å². The van der Waals surface area contributed by atoms with Crippen LogP contribution in [0.15, 0.2) is 12.2 Å². The van der Waals surface area contributed by atoms with Crippen molar-refractivity contribution in [2.75, 3.05) is 0 Å². The van der Waals surface area contributed by atoms with Gasteiger partial charge in [-0.2, -0.15) is 0 Å². The van der Waals surface area contributed by atoms with Crippen LogP contribution in [0.3, 0.4) is 0 Å². The molecule has 0 aromatic rings. The minimum Gasteiger partial charge on any atom is -0.0999 e. The Balaban J connectivity index is 2.24. The van der Waals surface area contributed by atoms with Crippen molar-refractivity contribution in [2.45, 2.75) is 71.1 Å². The predicted octanol–water partition coefficient (Wildman–Crippen LogP) is 5.09. The largest absolute Gasteiger partial charge is 0.0999 e. The van der Waals surface area contributed by atoms with Gasteiger partial charge in [-0.15, -0.1) is 0 Å². The Morgan fingerprint density at radius 2 is 1.43 bits per heavy atom. The molecular formula is C14H26. The van der Waals surface area contributed by atoms with E-state index in [0.29, 0.717) is 0 Å². The zero-order valence-corrected chi connectivity index (χ0v) is 9.86. The summed E-state index contributed by atoms with van der Waals surface area (Å²) in [6.07, 6.45) is 14.0. The average molecular weight is 194 g/mol. The van der Waals surface area contributed by atoms with Crippen molar-refractivity contribution in [1.82, 2.24) is 0 Å². The van der Waals surface area contributed by atoms with Gasteiger partial charge in [-0.3, -0.25) is 0 Å². The number of hydrogen-bond acceptors (Lipinski definition) is 0. The van der Waals surface area contributed by atoms with Crippen LogP contribution in [0.1, 0.15) is 71.1 Å². The lowest BCUT2D eigenvalue weighted by Crippen LogP contribution is -1.97. The molecule has 0 aromatic heterocycles. The maximum Gasteiger partial charge on any atom is -0.0323 e. The molecule has 0 heterocycles. The van der Waals surface area contributed by atoms with Crippen LogP contribution in [0, 0.1) is 5.92 Å². The van der Waals surface area contributed by atoms with Gasteiger partial charge < -0.3 is 0 Å². The first-order chi connectivity index (χ1) is 6.79. The number of rotatable bonds is 0. The summed E-state index contributed by atoms with van der Waals surface area (Å²) in [5.74, 6) is 0.947. The summed E-state index contributed by atoms with van der Waals surface area (Å²) in [6.45, 7) is 6.58. The van der Waals surface area contributed by atoms with Crippen molar-refractivity contribution < 1.29 is 0 Å². The Morgan fingerprint density at radius 3 is 2.29 bits per heavy atom. The highest BCUT2D eigenvalue weighted by Gasteiger charge is 2.04. The van der Waals surface area contributed by atoms with Gasteiger partial charge in [0.15, 0.2) is 0 Å². The lowest BCUT2D eigenvalue weighted by molar-refractivity contribution is 0.437. The zero-order chi connectivity index (χ0) is 10.2. The molecule has 1 fully saturated rings. The first-order valence-electron chi connectivity index (χ1n) is 6.45. The molecule has 0 radical (unpaired) electrons. The third-order valence-electron chi connectivity index (χ3n) is 3.45. The molecule has 0 aliphatic heterocycles. The second-order valence-corrected chi connectivity index (χ2v) is 5.05. The average Bonchev–Trinajstić information content (AvgIpc) is 2.14. The number of hydrogen-bond donors (Lipinski definition) is 0. The Kier molecular flexibility index (Phi) is 5.98. The molecule has 14 heavy (non-hydrogen) atoms. The fourth-order valence-corrected chi connectivity index (χ4v) is 2.37. The van der Waals surface area contributed by atoms with E-state index in [1.54, 1.807) is 0 Å². The van der Waals surface area contributed by atoms with E-state index < -0.39 is 0 Å². The standard InChI is InChI=1S/C14H26/c1-13-9-6-4-3-5-7-10-14(2)12-8-11-13/h14H,1,3-12H2,2H3. The highest BCUT2D eigenvalue weighted by Crippen LogP contribution is 2.22. The normalized spacial score (nSPS) is 27.8. The summed E-state index contributed by atoms with van der Waals surface area (Å²) in [5.41, 5.74) is 1.50. The van der Waals surface area contributed by atoms with Crippen molar-refractivity contribution in [2.24, 2.45) is 5.92 Å². The molecule has 1 aliphatic carbocycles. The summed E-state index contributed by atoms with van der Waals surface area (Å²) < 4.78 is 0. The molecular weight excluding hydrogens is 168 g/mol. The lowest BCUT2D eigenvalue weighted by atomic mass is 9.93. The zero-order valence-electron chi connectivity index (χ0n) is 9.86. The highest BCUT2D eigenvalue weighted by molar-refractivity contribution is 4.93. The van der Waals surface area contributed by atoms with Gasteiger partial charge in [0.1, 0.15) is 0 Å². The van der Waals surface area contributed by atoms with Crippen molar-refractivity contribution >= 4 is 0 Å². The molecule has 0 nitrogen and oxygen atoms in total. The van der Waals surface area contributed by atoms with Gasteiger partial charge in [-0.05, 0) is 31.6 Å². The molecule has 0 bridgehead atoms. The number of allylic oxidation sites excluding steroid dienone is 1. The van der Waals surface area contributed by atoms with Crippen molar-refractivity contribution in [3.63, 3.8) is 0 Å². The predicted molar refractivity (Wildman–Crippen MR) is 64.5 cm³/mol. The molecule has 1 rings (SSSR count). The maximum absolute atomic E-state index is 4.17. The van der Waals surface area contributed by atoms with E-state index in [4.69, 9.17) is 0 Å². The van der Waals surface area contributed by atoms with Gasteiger partial charge in [0, 0.05) is 0 Å². The highest BCUT2D eigenvalue weighted by atomic mass is 14.1. The van der Waals surface area contributed by atoms with E-state index in [1.807, 2.05) is 0 Å². The first kappa shape index (κ1) is 11.8. The topological polar surface area (TPSA) is 0 Å². The van der Waals surface area contributed by atoms with Crippen LogP contribution >= 0.6 is 0 Å². The second kappa shape index (κ2) is 7.09. The molecule has 0 heteroatoms. The summed E-state index contributed by atoms with van der Waals surface area (Å²) in [7, 11) is 0. The molecule has 0 aromatic carbocycles. The Morgan fingerprint density at radius 1 is 0.857 bits per heavy atom. The van der Waals surface area contributed by atoms with Gasteiger partial charge in [0.05, 0.1) is 0 Å². The van der Waals surface area contributed by atoms with E-state index in [9.17, 15) is 0 Å². The fraction of sp³-hybridized carbons (Fsp3) is 0.857. The second-order valence-electron chi connectivity index (χ2n) is 5.05. The minimum atomic E-state index is 0.947. The SMILES string of the molecule is C=C1CCCCCCCC(C)CCC1. The monoisotopic (exact) mass is 194 g/mol. The fourth-order valence-electron chi connectivity index (χ4n) is 2.37. The smallest absolute Gasteiger partial charge is 0.0323 e. The minimum absolute atomic E-state index is 0.947. The molecule has 1 unspecified atom stereocenters. The van der Waals surface area contributed by atoms with Crippen molar-refractivity contribution in [3.8, 4) is 0 Å². The molecule has 1 saturated carbocycles. The van der Waals surface area contributed by atoms with E-state index in [2.05, 4.69) is 13.5 Å². The van der Waals surface area contributed by atoms with Crippen LogP contribution in [-0.4, -0.2) is 0 Å². The summed E-state index contributed by atoms with van der Waals surface area (Å²) >= 11 is 0. The molecule has 0 amide bonds. The summed E-state index contributed by atoms with van der Waals surface area (Å²) in [6, 6.07) is 0. The van der Waals surface area contributed by atoms with Gasteiger partial charge in [-0.25, -0.2) is 0 Å². The quantitative estimate of drug-likeness (QED) is 0.471. The van der Waals surface area contributed by atoms with E-state index in [1.165, 1.54) is 69.8 Å². The molecule has 1 aliphatic rings. The van der Waals surface area contributed by atoms with Gasteiger partial charge in [0.25, 0.3) is 0 Å². The molecule has 1 atom stereocenters. The van der Waals surface area contributed by atoms with Crippen LogP contribution in [-0.2, 0) is 0 Å².